The van der Waals surface area contributed by atoms with Crippen molar-refractivity contribution >= 4 is 11.7 Å². The minimum absolute atomic E-state index is 0.390. The highest BCUT2D eigenvalue weighted by molar-refractivity contribution is 5.86. The first-order valence-corrected chi connectivity index (χ1v) is 7.18. The number of rotatable bonds is 9. The monoisotopic (exact) mass is 293 g/mol. The summed E-state index contributed by atoms with van der Waals surface area (Å²) in [6.07, 6.45) is 2.17. The SMILES string of the molecule is CCOc1ccc(OCC)c(NC/C=C(/CC)C(=O)O)c1. The fraction of sp³-hybridized carbons (Fsp3) is 0.438. The summed E-state index contributed by atoms with van der Waals surface area (Å²) < 4.78 is 11.0. The van der Waals surface area contributed by atoms with Crippen molar-refractivity contribution in [2.45, 2.75) is 27.2 Å². The maximum Gasteiger partial charge on any atom is 0.331 e. The van der Waals surface area contributed by atoms with Gasteiger partial charge in [-0.05, 0) is 32.4 Å². The van der Waals surface area contributed by atoms with Crippen LogP contribution in [0.3, 0.4) is 0 Å². The largest absolute Gasteiger partial charge is 0.494 e. The molecule has 2 N–H and O–H groups in total. The normalized spacial score (nSPS) is 11.1. The number of carboxylic acids is 1. The van der Waals surface area contributed by atoms with Crippen LogP contribution in [0.5, 0.6) is 11.5 Å². The van der Waals surface area contributed by atoms with E-state index in [0.29, 0.717) is 31.8 Å². The van der Waals surface area contributed by atoms with Crippen LogP contribution >= 0.6 is 0 Å². The number of hydrogen-bond donors (Lipinski definition) is 2. The number of anilines is 1. The molecule has 1 rings (SSSR count). The molecule has 0 heterocycles. The van der Waals surface area contributed by atoms with E-state index in [2.05, 4.69) is 5.32 Å². The van der Waals surface area contributed by atoms with Crippen LogP contribution in [0, 0.1) is 0 Å². The molecule has 0 fully saturated rings. The Kier molecular flexibility index (Phi) is 7.15. The molecular weight excluding hydrogens is 270 g/mol. The molecule has 0 bridgehead atoms. The van der Waals surface area contributed by atoms with Crippen LogP contribution in [-0.4, -0.2) is 30.8 Å². The van der Waals surface area contributed by atoms with Crippen molar-refractivity contribution in [3.8, 4) is 11.5 Å². The number of ether oxygens (including phenoxy) is 2. The minimum atomic E-state index is -0.882. The van der Waals surface area contributed by atoms with Crippen LogP contribution in [0.15, 0.2) is 29.8 Å². The van der Waals surface area contributed by atoms with Crippen molar-refractivity contribution in [3.05, 3.63) is 29.8 Å². The Hall–Kier alpha value is -2.17. The second-order valence-electron chi connectivity index (χ2n) is 4.29. The van der Waals surface area contributed by atoms with Crippen molar-refractivity contribution in [1.82, 2.24) is 0 Å². The Bertz CT molecular complexity index is 497. The van der Waals surface area contributed by atoms with Gasteiger partial charge in [0.25, 0.3) is 0 Å². The maximum absolute atomic E-state index is 10.9. The van der Waals surface area contributed by atoms with Gasteiger partial charge in [0.1, 0.15) is 11.5 Å². The highest BCUT2D eigenvalue weighted by Crippen LogP contribution is 2.29. The Labute approximate surface area is 125 Å². The average Bonchev–Trinajstić information content (AvgIpc) is 2.46. The Morgan fingerprint density at radius 3 is 2.52 bits per heavy atom. The molecule has 5 heteroatoms. The zero-order valence-electron chi connectivity index (χ0n) is 12.8. The second kappa shape index (κ2) is 8.89. The van der Waals surface area contributed by atoms with E-state index in [1.165, 1.54) is 0 Å². The number of hydrogen-bond acceptors (Lipinski definition) is 4. The molecule has 116 valence electrons. The van der Waals surface area contributed by atoms with Gasteiger partial charge in [0.2, 0.25) is 0 Å². The number of benzene rings is 1. The third-order valence-electron chi connectivity index (χ3n) is 2.86. The highest BCUT2D eigenvalue weighted by Gasteiger charge is 2.06. The zero-order valence-corrected chi connectivity index (χ0v) is 12.8. The van der Waals surface area contributed by atoms with Crippen molar-refractivity contribution in [2.75, 3.05) is 25.1 Å². The number of nitrogens with one attached hydrogen (secondary N) is 1. The lowest BCUT2D eigenvalue weighted by molar-refractivity contribution is -0.132. The lowest BCUT2D eigenvalue weighted by Gasteiger charge is -2.13. The molecule has 0 spiro atoms. The summed E-state index contributed by atoms with van der Waals surface area (Å²) in [5, 5.41) is 12.2. The van der Waals surface area contributed by atoms with Crippen LogP contribution in [0.1, 0.15) is 27.2 Å². The predicted molar refractivity (Wildman–Crippen MR) is 83.3 cm³/mol. The summed E-state index contributed by atoms with van der Waals surface area (Å²) in [4.78, 5) is 10.9. The summed E-state index contributed by atoms with van der Waals surface area (Å²) in [7, 11) is 0. The lowest BCUT2D eigenvalue weighted by atomic mass is 10.2. The van der Waals surface area contributed by atoms with E-state index in [-0.39, 0.29) is 0 Å². The summed E-state index contributed by atoms with van der Waals surface area (Å²) in [6.45, 7) is 7.24. The van der Waals surface area contributed by atoms with Gasteiger partial charge in [-0.15, -0.1) is 0 Å². The zero-order chi connectivity index (χ0) is 15.7. The van der Waals surface area contributed by atoms with E-state index < -0.39 is 5.97 Å². The molecule has 0 unspecified atom stereocenters. The lowest BCUT2D eigenvalue weighted by Crippen LogP contribution is -2.06. The summed E-state index contributed by atoms with van der Waals surface area (Å²) in [5.41, 5.74) is 1.18. The summed E-state index contributed by atoms with van der Waals surface area (Å²) in [6, 6.07) is 5.55. The molecule has 0 amide bonds. The van der Waals surface area contributed by atoms with Crippen molar-refractivity contribution in [2.24, 2.45) is 0 Å². The fourth-order valence-corrected chi connectivity index (χ4v) is 1.85. The topological polar surface area (TPSA) is 67.8 Å². The van der Waals surface area contributed by atoms with E-state index in [9.17, 15) is 4.79 Å². The third-order valence-corrected chi connectivity index (χ3v) is 2.86. The molecule has 0 aromatic heterocycles. The molecule has 0 saturated carbocycles. The van der Waals surface area contributed by atoms with Gasteiger partial charge in [-0.25, -0.2) is 4.79 Å². The van der Waals surface area contributed by atoms with Crippen LogP contribution in [0.2, 0.25) is 0 Å². The van der Waals surface area contributed by atoms with E-state index in [1.54, 1.807) is 6.08 Å². The Morgan fingerprint density at radius 1 is 1.24 bits per heavy atom. The summed E-state index contributed by atoms with van der Waals surface area (Å²) >= 11 is 0. The molecule has 0 saturated heterocycles. The number of carboxylic acid groups (broad SMARTS) is 1. The molecule has 21 heavy (non-hydrogen) atoms. The van der Waals surface area contributed by atoms with Crippen LogP contribution in [0.25, 0.3) is 0 Å². The van der Waals surface area contributed by atoms with E-state index in [1.807, 2.05) is 39.0 Å². The van der Waals surface area contributed by atoms with Gasteiger partial charge >= 0.3 is 5.97 Å². The van der Waals surface area contributed by atoms with Gasteiger partial charge < -0.3 is 19.9 Å². The van der Waals surface area contributed by atoms with Crippen molar-refractivity contribution in [1.29, 1.82) is 0 Å². The van der Waals surface area contributed by atoms with Gasteiger partial charge in [-0.3, -0.25) is 0 Å². The molecule has 0 atom stereocenters. The van der Waals surface area contributed by atoms with Gasteiger partial charge in [0, 0.05) is 18.2 Å². The van der Waals surface area contributed by atoms with E-state index >= 15 is 0 Å². The molecule has 0 aliphatic carbocycles. The molecule has 5 nitrogen and oxygen atoms in total. The number of carbonyl (C=O) groups is 1. The molecule has 1 aromatic carbocycles. The highest BCUT2D eigenvalue weighted by atomic mass is 16.5. The standard InChI is InChI=1S/C16H23NO4/c1-4-12(16(18)19)9-10-17-14-11-13(20-5-2)7-8-15(14)21-6-3/h7-9,11,17H,4-6,10H2,1-3H3,(H,18,19)/b12-9-. The third kappa shape index (κ3) is 5.38. The molecular formula is C16H23NO4. The van der Waals surface area contributed by atoms with Gasteiger partial charge in [0.05, 0.1) is 18.9 Å². The summed E-state index contributed by atoms with van der Waals surface area (Å²) in [5.74, 6) is 0.594. The second-order valence-corrected chi connectivity index (χ2v) is 4.29. The predicted octanol–water partition coefficient (Wildman–Crippen LogP) is 3.32. The van der Waals surface area contributed by atoms with Gasteiger partial charge in [0.15, 0.2) is 0 Å². The number of aliphatic carboxylic acids is 1. The maximum atomic E-state index is 10.9. The van der Waals surface area contributed by atoms with Gasteiger partial charge in [-0.1, -0.05) is 13.0 Å². The smallest absolute Gasteiger partial charge is 0.331 e. The first-order valence-electron chi connectivity index (χ1n) is 7.18. The van der Waals surface area contributed by atoms with Crippen LogP contribution in [0.4, 0.5) is 5.69 Å². The Morgan fingerprint density at radius 2 is 1.95 bits per heavy atom. The van der Waals surface area contributed by atoms with Crippen molar-refractivity contribution in [3.63, 3.8) is 0 Å². The van der Waals surface area contributed by atoms with E-state index in [4.69, 9.17) is 14.6 Å². The molecule has 0 aliphatic heterocycles. The molecule has 1 aromatic rings. The quantitative estimate of drug-likeness (QED) is 0.684. The van der Waals surface area contributed by atoms with Gasteiger partial charge in [-0.2, -0.15) is 0 Å². The minimum Gasteiger partial charge on any atom is -0.494 e. The van der Waals surface area contributed by atoms with E-state index in [0.717, 1.165) is 17.2 Å². The van der Waals surface area contributed by atoms with Crippen LogP contribution in [-0.2, 0) is 4.79 Å². The fourth-order valence-electron chi connectivity index (χ4n) is 1.85. The first-order chi connectivity index (χ1) is 10.1. The van der Waals surface area contributed by atoms with Crippen molar-refractivity contribution < 1.29 is 19.4 Å². The Balaban J connectivity index is 2.83. The molecule has 0 aliphatic rings. The average molecular weight is 293 g/mol. The first kappa shape index (κ1) is 16.9. The van der Waals surface area contributed by atoms with Crippen LogP contribution < -0.4 is 14.8 Å². The molecule has 0 radical (unpaired) electrons.